The number of nitrogens with one attached hydrogen (secondary N) is 1. The van der Waals surface area contributed by atoms with Gasteiger partial charge in [0.1, 0.15) is 12.1 Å². The van der Waals surface area contributed by atoms with E-state index in [2.05, 4.69) is 20.2 Å². The van der Waals surface area contributed by atoms with Gasteiger partial charge in [0.2, 0.25) is 11.8 Å². The van der Waals surface area contributed by atoms with E-state index in [1.807, 2.05) is 19.9 Å². The first-order chi connectivity index (χ1) is 12.0. The maximum atomic E-state index is 12.2. The maximum Gasteiger partial charge on any atom is 0.222 e. The number of aromatic nitrogens is 2. The van der Waals surface area contributed by atoms with Gasteiger partial charge in [-0.3, -0.25) is 4.79 Å². The Balaban J connectivity index is 1.68. The molecule has 2 aliphatic heterocycles. The third-order valence-electron chi connectivity index (χ3n) is 5.53. The Labute approximate surface area is 149 Å². The molecule has 2 saturated heterocycles. The molecule has 7 nitrogen and oxygen atoms in total. The molecule has 7 heteroatoms. The summed E-state index contributed by atoms with van der Waals surface area (Å²) in [6.07, 6.45) is 4.58. The lowest BCUT2D eigenvalue weighted by molar-refractivity contribution is -0.128. The van der Waals surface area contributed by atoms with Crippen molar-refractivity contribution >= 4 is 11.7 Å². The minimum absolute atomic E-state index is 0.00690. The second kappa shape index (κ2) is 7.56. The van der Waals surface area contributed by atoms with Crippen molar-refractivity contribution in [3.8, 4) is 5.88 Å². The van der Waals surface area contributed by atoms with Gasteiger partial charge in [-0.05, 0) is 24.7 Å². The topological polar surface area (TPSA) is 76.6 Å². The van der Waals surface area contributed by atoms with Crippen LogP contribution < -0.4 is 15.0 Å². The standard InChI is InChI=1S/C18H28N4O3/c1-13(2)17(23)21-14-11-25-9-6-18(14)4-7-22(8-5-18)15-10-16(24-3)20-12-19-15/h10,12-14H,4-9,11H2,1-3H3,(H,21,23). The molecular weight excluding hydrogens is 320 g/mol. The monoisotopic (exact) mass is 348 g/mol. The van der Waals surface area contributed by atoms with Gasteiger partial charge < -0.3 is 19.7 Å². The number of ether oxygens (including phenoxy) is 2. The van der Waals surface area contributed by atoms with Gasteiger partial charge in [-0.15, -0.1) is 0 Å². The molecule has 1 spiro atoms. The molecule has 1 aromatic heterocycles. The molecule has 3 rings (SSSR count). The molecule has 1 N–H and O–H groups in total. The predicted molar refractivity (Wildman–Crippen MR) is 94.7 cm³/mol. The van der Waals surface area contributed by atoms with Crippen molar-refractivity contribution in [3.63, 3.8) is 0 Å². The second-order valence-corrected chi connectivity index (χ2v) is 7.31. The third kappa shape index (κ3) is 3.86. The van der Waals surface area contributed by atoms with E-state index in [9.17, 15) is 4.79 Å². The molecule has 0 aliphatic carbocycles. The molecule has 0 saturated carbocycles. The fourth-order valence-electron chi connectivity index (χ4n) is 3.75. The highest BCUT2D eigenvalue weighted by molar-refractivity contribution is 5.78. The van der Waals surface area contributed by atoms with Crippen molar-refractivity contribution in [2.45, 2.75) is 39.2 Å². The van der Waals surface area contributed by atoms with E-state index in [0.29, 0.717) is 12.5 Å². The van der Waals surface area contributed by atoms with Gasteiger partial charge in [-0.25, -0.2) is 9.97 Å². The van der Waals surface area contributed by atoms with Gasteiger partial charge in [-0.2, -0.15) is 0 Å². The first-order valence-electron chi connectivity index (χ1n) is 9.03. The Hall–Kier alpha value is -1.89. The van der Waals surface area contributed by atoms with Gasteiger partial charge in [-0.1, -0.05) is 13.8 Å². The molecule has 1 atom stereocenters. The van der Waals surface area contributed by atoms with Gasteiger partial charge in [0.05, 0.1) is 19.8 Å². The molecule has 0 bridgehead atoms. The van der Waals surface area contributed by atoms with Crippen LogP contribution in [0.25, 0.3) is 0 Å². The number of rotatable bonds is 4. The molecule has 1 unspecified atom stereocenters. The molecular formula is C18H28N4O3. The van der Waals surface area contributed by atoms with Crippen LogP contribution >= 0.6 is 0 Å². The fraction of sp³-hybridized carbons (Fsp3) is 0.722. The van der Waals surface area contributed by atoms with Gasteiger partial charge in [0, 0.05) is 31.7 Å². The van der Waals surface area contributed by atoms with E-state index < -0.39 is 0 Å². The highest BCUT2D eigenvalue weighted by atomic mass is 16.5. The van der Waals surface area contributed by atoms with Gasteiger partial charge in [0.15, 0.2) is 0 Å². The summed E-state index contributed by atoms with van der Waals surface area (Å²) >= 11 is 0. The van der Waals surface area contributed by atoms with Crippen LogP contribution in [0.15, 0.2) is 12.4 Å². The molecule has 2 fully saturated rings. The molecule has 138 valence electrons. The highest BCUT2D eigenvalue weighted by Crippen LogP contribution is 2.41. The number of methoxy groups -OCH3 is 1. The minimum atomic E-state index is -0.00690. The van der Waals surface area contributed by atoms with Crippen molar-refractivity contribution in [2.24, 2.45) is 11.3 Å². The second-order valence-electron chi connectivity index (χ2n) is 7.31. The number of anilines is 1. The molecule has 2 aliphatic rings. The molecule has 1 amide bonds. The van der Waals surface area contributed by atoms with E-state index in [-0.39, 0.29) is 23.3 Å². The Morgan fingerprint density at radius 3 is 2.80 bits per heavy atom. The molecule has 25 heavy (non-hydrogen) atoms. The Bertz CT molecular complexity index is 600. The number of nitrogens with zero attached hydrogens (tertiary/aromatic N) is 3. The lowest BCUT2D eigenvalue weighted by atomic mass is 9.69. The van der Waals surface area contributed by atoms with Crippen LogP contribution in [-0.4, -0.2) is 55.3 Å². The number of piperidine rings is 1. The van der Waals surface area contributed by atoms with E-state index >= 15 is 0 Å². The summed E-state index contributed by atoms with van der Waals surface area (Å²) in [5, 5.41) is 3.22. The predicted octanol–water partition coefficient (Wildman–Crippen LogP) is 1.63. The largest absolute Gasteiger partial charge is 0.481 e. The smallest absolute Gasteiger partial charge is 0.222 e. The van der Waals surface area contributed by atoms with Gasteiger partial charge >= 0.3 is 0 Å². The van der Waals surface area contributed by atoms with E-state index in [0.717, 1.165) is 44.8 Å². The zero-order valence-corrected chi connectivity index (χ0v) is 15.3. The van der Waals surface area contributed by atoms with Crippen molar-refractivity contribution in [1.29, 1.82) is 0 Å². The first kappa shape index (κ1) is 17.9. The Morgan fingerprint density at radius 2 is 2.12 bits per heavy atom. The van der Waals surface area contributed by atoms with Crippen LogP contribution in [0.1, 0.15) is 33.1 Å². The number of hydrogen-bond acceptors (Lipinski definition) is 6. The van der Waals surface area contributed by atoms with Crippen LogP contribution in [0.4, 0.5) is 5.82 Å². The van der Waals surface area contributed by atoms with E-state index in [1.165, 1.54) is 0 Å². The Morgan fingerprint density at radius 1 is 1.36 bits per heavy atom. The van der Waals surface area contributed by atoms with Crippen LogP contribution in [0.2, 0.25) is 0 Å². The average molecular weight is 348 g/mol. The van der Waals surface area contributed by atoms with Crippen molar-refractivity contribution in [2.75, 3.05) is 38.3 Å². The van der Waals surface area contributed by atoms with Crippen molar-refractivity contribution < 1.29 is 14.3 Å². The lowest BCUT2D eigenvalue weighted by Gasteiger charge is -2.49. The highest BCUT2D eigenvalue weighted by Gasteiger charge is 2.44. The zero-order valence-electron chi connectivity index (χ0n) is 15.3. The molecule has 1 aromatic rings. The average Bonchev–Trinajstić information content (AvgIpc) is 2.64. The summed E-state index contributed by atoms with van der Waals surface area (Å²) in [7, 11) is 1.61. The van der Waals surface area contributed by atoms with Crippen LogP contribution in [0.5, 0.6) is 5.88 Å². The quantitative estimate of drug-likeness (QED) is 0.891. The number of carbonyl (C=O) groups is 1. The molecule has 3 heterocycles. The van der Waals surface area contributed by atoms with Crippen molar-refractivity contribution in [1.82, 2.24) is 15.3 Å². The first-order valence-corrected chi connectivity index (χ1v) is 9.03. The summed E-state index contributed by atoms with van der Waals surface area (Å²) in [4.78, 5) is 22.9. The summed E-state index contributed by atoms with van der Waals surface area (Å²) in [6.45, 7) is 7.06. The fourth-order valence-corrected chi connectivity index (χ4v) is 3.75. The van der Waals surface area contributed by atoms with Gasteiger partial charge in [0.25, 0.3) is 0 Å². The minimum Gasteiger partial charge on any atom is -0.481 e. The number of amides is 1. The summed E-state index contributed by atoms with van der Waals surface area (Å²) in [5.74, 6) is 1.58. The normalized spacial score (nSPS) is 22.9. The van der Waals surface area contributed by atoms with Crippen LogP contribution in [0, 0.1) is 11.3 Å². The number of hydrogen-bond donors (Lipinski definition) is 1. The summed E-state index contributed by atoms with van der Waals surface area (Å²) < 4.78 is 10.9. The summed E-state index contributed by atoms with van der Waals surface area (Å²) in [6, 6.07) is 1.97. The molecule has 0 radical (unpaired) electrons. The van der Waals surface area contributed by atoms with Crippen LogP contribution in [0.3, 0.4) is 0 Å². The van der Waals surface area contributed by atoms with E-state index in [4.69, 9.17) is 9.47 Å². The van der Waals surface area contributed by atoms with E-state index in [1.54, 1.807) is 13.4 Å². The Kier molecular flexibility index (Phi) is 5.42. The zero-order chi connectivity index (χ0) is 17.9. The number of carbonyl (C=O) groups excluding carboxylic acids is 1. The third-order valence-corrected chi connectivity index (χ3v) is 5.53. The maximum absolute atomic E-state index is 12.2. The summed E-state index contributed by atoms with van der Waals surface area (Å²) in [5.41, 5.74) is 0.121. The lowest BCUT2D eigenvalue weighted by Crippen LogP contribution is -2.58. The SMILES string of the molecule is COc1cc(N2CCC3(CCOCC3NC(=O)C(C)C)CC2)ncn1. The molecule has 0 aromatic carbocycles. The van der Waals surface area contributed by atoms with Crippen LogP contribution in [-0.2, 0) is 9.53 Å². The van der Waals surface area contributed by atoms with Crippen molar-refractivity contribution in [3.05, 3.63) is 12.4 Å².